The van der Waals surface area contributed by atoms with Crippen molar-refractivity contribution in [3.8, 4) is 0 Å². The van der Waals surface area contributed by atoms with Gasteiger partial charge in [0.25, 0.3) is 0 Å². The Morgan fingerprint density at radius 1 is 1.44 bits per heavy atom. The molecule has 102 valence electrons. The van der Waals surface area contributed by atoms with Crippen molar-refractivity contribution in [2.75, 3.05) is 13.7 Å². The minimum atomic E-state index is -3.39. The monoisotopic (exact) mass is 266 g/mol. The molecule has 0 aromatic rings. The van der Waals surface area contributed by atoms with Crippen molar-refractivity contribution in [1.82, 2.24) is 10.4 Å². The van der Waals surface area contributed by atoms with Crippen LogP contribution in [0.1, 0.15) is 6.92 Å². The van der Waals surface area contributed by atoms with E-state index in [1.165, 1.54) is 6.92 Å². The summed E-state index contributed by atoms with van der Waals surface area (Å²) in [4.78, 5) is 32.6. The highest BCUT2D eigenvalue weighted by Gasteiger charge is 2.27. The van der Waals surface area contributed by atoms with Crippen LogP contribution < -0.4 is 5.43 Å². The molecular weight excluding hydrogens is 254 g/mol. The number of ketones is 1. The van der Waals surface area contributed by atoms with Gasteiger partial charge in [0.2, 0.25) is 5.78 Å². The van der Waals surface area contributed by atoms with Crippen molar-refractivity contribution in [2.45, 2.75) is 13.3 Å². The molecule has 0 aromatic carbocycles. The molecule has 0 spiro atoms. The van der Waals surface area contributed by atoms with E-state index in [2.05, 4.69) is 4.74 Å². The lowest BCUT2D eigenvalue weighted by molar-refractivity contribution is -0.141. The lowest BCUT2D eigenvalue weighted by Gasteiger charge is -2.14. The maximum atomic E-state index is 12.2. The first kappa shape index (κ1) is 15.8. The van der Waals surface area contributed by atoms with Crippen LogP contribution in [-0.4, -0.2) is 48.0 Å². The third-order valence-electron chi connectivity index (χ3n) is 1.55. The van der Waals surface area contributed by atoms with Gasteiger partial charge >= 0.3 is 18.5 Å². The first-order valence-electron chi connectivity index (χ1n) is 4.73. The van der Waals surface area contributed by atoms with Crippen LogP contribution in [0.2, 0.25) is 0 Å². The maximum absolute atomic E-state index is 12.2. The van der Waals surface area contributed by atoms with Crippen molar-refractivity contribution in [1.29, 1.82) is 0 Å². The summed E-state index contributed by atoms with van der Waals surface area (Å²) in [5.41, 5.74) is 0.791. The summed E-state index contributed by atoms with van der Waals surface area (Å²) < 4.78 is 28.9. The third-order valence-corrected chi connectivity index (χ3v) is 1.55. The Labute approximate surface area is 101 Å². The zero-order valence-electron chi connectivity index (χ0n) is 9.65. The topological polar surface area (TPSA) is 95.9 Å². The van der Waals surface area contributed by atoms with Crippen LogP contribution in [-0.2, 0) is 14.3 Å². The first-order valence-corrected chi connectivity index (χ1v) is 4.73. The van der Waals surface area contributed by atoms with Gasteiger partial charge in [0.1, 0.15) is 5.57 Å². The van der Waals surface area contributed by atoms with E-state index in [4.69, 9.17) is 5.11 Å². The number of hydrazine groups is 1. The van der Waals surface area contributed by atoms with Gasteiger partial charge in [0, 0.05) is 13.2 Å². The Morgan fingerprint density at radius 2 is 2.00 bits per heavy atom. The molecule has 0 atom stereocenters. The summed E-state index contributed by atoms with van der Waals surface area (Å²) in [5, 5.41) is 9.03. The van der Waals surface area contributed by atoms with Crippen LogP contribution in [0.5, 0.6) is 0 Å². The quantitative estimate of drug-likeness (QED) is 0.237. The largest absolute Gasteiger partial charge is 0.464 e. The summed E-state index contributed by atoms with van der Waals surface area (Å²) in [6.07, 6.45) is -4.25. The second-order valence-corrected chi connectivity index (χ2v) is 2.96. The number of amides is 1. The second kappa shape index (κ2) is 7.20. The zero-order valence-corrected chi connectivity index (χ0v) is 9.65. The molecule has 1 amide bonds. The molecule has 0 aliphatic carbocycles. The Bertz CT molecular complexity index is 370. The van der Waals surface area contributed by atoms with Crippen LogP contribution >= 0.6 is 0 Å². The third kappa shape index (κ3) is 5.23. The highest BCUT2D eigenvalue weighted by Crippen LogP contribution is 2.08. The minimum Gasteiger partial charge on any atom is -0.464 e. The number of carbonyl (C=O) groups excluding carboxylic acids is 2. The molecule has 2 N–H and O–H groups in total. The van der Waals surface area contributed by atoms with Gasteiger partial charge in [-0.15, -0.1) is 0 Å². The van der Waals surface area contributed by atoms with Gasteiger partial charge in [-0.05, 0) is 6.92 Å². The second-order valence-electron chi connectivity index (χ2n) is 2.96. The summed E-state index contributed by atoms with van der Waals surface area (Å²) in [5.74, 6) is -2.99. The van der Waals surface area contributed by atoms with Gasteiger partial charge in [0.15, 0.2) is 0 Å². The predicted molar refractivity (Wildman–Crippen MR) is 54.7 cm³/mol. The van der Waals surface area contributed by atoms with E-state index >= 15 is 0 Å². The normalized spacial score (nSPS) is 11.1. The van der Waals surface area contributed by atoms with Crippen LogP contribution in [0.4, 0.5) is 13.6 Å². The minimum absolute atomic E-state index is 0.108. The Hall–Kier alpha value is -2.19. The lowest BCUT2D eigenvalue weighted by atomic mass is 10.2. The smallest absolute Gasteiger partial charge is 0.423 e. The SMILES string of the molecule is CCOC(=O)C(=CN(C)NC(=O)O)C(=O)C(F)F. The molecule has 0 aromatic heterocycles. The molecule has 0 bridgehead atoms. The van der Waals surface area contributed by atoms with E-state index in [1.807, 2.05) is 0 Å². The van der Waals surface area contributed by atoms with Crippen molar-refractivity contribution in [3.05, 3.63) is 11.8 Å². The lowest BCUT2D eigenvalue weighted by Crippen LogP contribution is -2.36. The molecule has 0 fully saturated rings. The fourth-order valence-electron chi connectivity index (χ4n) is 0.920. The van der Waals surface area contributed by atoms with Gasteiger partial charge in [-0.1, -0.05) is 0 Å². The highest BCUT2D eigenvalue weighted by molar-refractivity contribution is 6.18. The van der Waals surface area contributed by atoms with E-state index in [9.17, 15) is 23.2 Å². The molecule has 0 aliphatic rings. The van der Waals surface area contributed by atoms with Crippen LogP contribution in [0.15, 0.2) is 11.8 Å². The zero-order chi connectivity index (χ0) is 14.3. The van der Waals surface area contributed by atoms with E-state index in [1.54, 1.807) is 5.43 Å². The average molecular weight is 266 g/mol. The number of nitrogens with one attached hydrogen (secondary N) is 1. The van der Waals surface area contributed by atoms with Crippen molar-refractivity contribution < 1.29 is 33.0 Å². The summed E-state index contributed by atoms with van der Waals surface area (Å²) in [6, 6.07) is 0. The maximum Gasteiger partial charge on any atom is 0.423 e. The number of esters is 1. The van der Waals surface area contributed by atoms with Gasteiger partial charge in [0.05, 0.1) is 6.61 Å². The summed E-state index contributed by atoms with van der Waals surface area (Å²) >= 11 is 0. The number of ether oxygens (including phenoxy) is 1. The molecule has 0 radical (unpaired) electrons. The number of hydrogen-bond acceptors (Lipinski definition) is 5. The average Bonchev–Trinajstić information content (AvgIpc) is 2.24. The van der Waals surface area contributed by atoms with Crippen molar-refractivity contribution >= 4 is 17.8 Å². The molecule has 0 heterocycles. The van der Waals surface area contributed by atoms with Crippen molar-refractivity contribution in [3.63, 3.8) is 0 Å². The first-order chi connectivity index (χ1) is 8.29. The molecule has 0 rings (SSSR count). The van der Waals surface area contributed by atoms with Gasteiger partial charge < -0.3 is 9.84 Å². The number of hydrogen-bond donors (Lipinski definition) is 2. The molecule has 0 saturated heterocycles. The molecule has 0 unspecified atom stereocenters. The Kier molecular flexibility index (Phi) is 6.32. The Balaban J connectivity index is 5.08. The molecule has 0 aliphatic heterocycles. The molecule has 18 heavy (non-hydrogen) atoms. The van der Waals surface area contributed by atoms with E-state index < -0.39 is 29.8 Å². The predicted octanol–water partition coefficient (Wildman–Crippen LogP) is 0.382. The summed E-state index contributed by atoms with van der Waals surface area (Å²) in [6.45, 7) is 1.32. The Morgan fingerprint density at radius 3 is 2.39 bits per heavy atom. The number of alkyl halides is 2. The molecular formula is C9H12F2N2O5. The van der Waals surface area contributed by atoms with E-state index in [-0.39, 0.29) is 6.61 Å². The van der Waals surface area contributed by atoms with Gasteiger partial charge in [-0.25, -0.2) is 23.8 Å². The van der Waals surface area contributed by atoms with Gasteiger partial charge in [-0.2, -0.15) is 0 Å². The highest BCUT2D eigenvalue weighted by atomic mass is 19.3. The van der Waals surface area contributed by atoms with E-state index in [0.717, 1.165) is 7.05 Å². The molecule has 7 nitrogen and oxygen atoms in total. The molecule has 9 heteroatoms. The van der Waals surface area contributed by atoms with E-state index in [0.29, 0.717) is 11.2 Å². The van der Waals surface area contributed by atoms with Crippen LogP contribution in [0.25, 0.3) is 0 Å². The number of nitrogens with zero attached hydrogens (tertiary/aromatic N) is 1. The standard InChI is InChI=1S/C9H12F2N2O5/c1-3-18-8(15)5(6(14)7(10)11)4-13(2)12-9(16)17/h4,7,12H,3H2,1-2H3,(H,16,17). The van der Waals surface area contributed by atoms with Crippen LogP contribution in [0.3, 0.4) is 0 Å². The fraction of sp³-hybridized carbons (Fsp3) is 0.444. The van der Waals surface area contributed by atoms with Crippen LogP contribution in [0, 0.1) is 0 Å². The number of carboxylic acid groups (broad SMARTS) is 1. The fourth-order valence-corrected chi connectivity index (χ4v) is 0.920. The number of halogens is 2. The number of carbonyl (C=O) groups is 3. The number of rotatable bonds is 6. The van der Waals surface area contributed by atoms with Gasteiger partial charge in [-0.3, -0.25) is 9.80 Å². The van der Waals surface area contributed by atoms with Crippen molar-refractivity contribution in [2.24, 2.45) is 0 Å². The molecule has 0 saturated carbocycles. The number of Topliss-reactive ketones (excluding diaryl/α,β-unsaturated/α-hetero) is 1. The summed E-state index contributed by atoms with van der Waals surface area (Å²) in [7, 11) is 1.12.